The Labute approximate surface area is 120 Å². The second-order valence-electron chi connectivity index (χ2n) is 5.00. The van der Waals surface area contributed by atoms with E-state index in [1.165, 1.54) is 39.9 Å². The predicted molar refractivity (Wildman–Crippen MR) is 77.6 cm³/mol. The molecule has 1 aliphatic rings. The summed E-state index contributed by atoms with van der Waals surface area (Å²) in [4.78, 5) is 25.6. The van der Waals surface area contributed by atoms with Crippen LogP contribution in [0.5, 0.6) is 0 Å². The van der Waals surface area contributed by atoms with Gasteiger partial charge in [0.05, 0.1) is 0 Å². The van der Waals surface area contributed by atoms with E-state index in [4.69, 9.17) is 5.73 Å². The van der Waals surface area contributed by atoms with Crippen LogP contribution in [0.15, 0.2) is 41.3 Å². The zero-order valence-corrected chi connectivity index (χ0v) is 11.3. The highest BCUT2D eigenvalue weighted by Crippen LogP contribution is 2.28. The van der Waals surface area contributed by atoms with Crippen LogP contribution in [0, 0.1) is 5.82 Å². The number of amides is 1. The molecule has 21 heavy (non-hydrogen) atoms. The molecule has 0 radical (unpaired) electrons. The Morgan fingerprint density at radius 3 is 2.90 bits per heavy atom. The van der Waals surface area contributed by atoms with Crippen molar-refractivity contribution in [3.8, 4) is 0 Å². The van der Waals surface area contributed by atoms with E-state index in [1.807, 2.05) is 0 Å². The van der Waals surface area contributed by atoms with Crippen molar-refractivity contribution >= 4 is 17.3 Å². The largest absolute Gasteiger partial charge is 0.398 e. The van der Waals surface area contributed by atoms with Crippen molar-refractivity contribution < 1.29 is 9.18 Å². The molecule has 0 bridgehead atoms. The number of rotatable bonds is 2. The number of hydrogen-bond donors (Lipinski definition) is 1. The lowest BCUT2D eigenvalue weighted by molar-refractivity contribution is -0.119. The molecule has 0 unspecified atom stereocenters. The molecule has 1 aliphatic heterocycles. The van der Waals surface area contributed by atoms with Gasteiger partial charge in [0, 0.05) is 30.2 Å². The number of halogens is 1. The van der Waals surface area contributed by atoms with Crippen molar-refractivity contribution in [3.05, 3.63) is 58.3 Å². The molecule has 2 aromatic rings. The Hall–Kier alpha value is -2.63. The van der Waals surface area contributed by atoms with E-state index in [0.717, 1.165) is 5.56 Å². The van der Waals surface area contributed by atoms with Gasteiger partial charge in [-0.25, -0.2) is 4.39 Å². The topological polar surface area (TPSA) is 68.3 Å². The van der Waals surface area contributed by atoms with Gasteiger partial charge in [0.15, 0.2) is 0 Å². The molecule has 5 nitrogen and oxygen atoms in total. The lowest BCUT2D eigenvalue weighted by Crippen LogP contribution is -2.35. The van der Waals surface area contributed by atoms with Gasteiger partial charge in [0.25, 0.3) is 5.56 Å². The van der Waals surface area contributed by atoms with Crippen LogP contribution in [-0.2, 0) is 17.8 Å². The van der Waals surface area contributed by atoms with Gasteiger partial charge in [-0.15, -0.1) is 0 Å². The van der Waals surface area contributed by atoms with E-state index in [-0.39, 0.29) is 23.8 Å². The summed E-state index contributed by atoms with van der Waals surface area (Å²) in [5, 5.41) is 0. The molecule has 0 saturated carbocycles. The maximum atomic E-state index is 13.3. The molecular formula is C15H14FN3O2. The second-order valence-corrected chi connectivity index (χ2v) is 5.00. The Kier molecular flexibility index (Phi) is 3.21. The molecule has 0 spiro atoms. The molecule has 6 heteroatoms. The number of nitrogens with zero attached hydrogens (tertiary/aromatic N) is 2. The number of nitrogens with two attached hydrogens (primary N) is 1. The van der Waals surface area contributed by atoms with E-state index in [0.29, 0.717) is 24.3 Å². The number of carbonyl (C=O) groups is 1. The van der Waals surface area contributed by atoms with Crippen LogP contribution in [-0.4, -0.2) is 17.0 Å². The third kappa shape index (κ3) is 2.52. The van der Waals surface area contributed by atoms with Crippen molar-refractivity contribution in [2.24, 2.45) is 0 Å². The van der Waals surface area contributed by atoms with E-state index in [1.54, 1.807) is 6.07 Å². The summed E-state index contributed by atoms with van der Waals surface area (Å²) in [6, 6.07) is 7.23. The van der Waals surface area contributed by atoms with Crippen LogP contribution in [0.2, 0.25) is 0 Å². The molecule has 1 aromatic heterocycles. The number of carbonyl (C=O) groups excluding carboxylic acids is 1. The van der Waals surface area contributed by atoms with Crippen LogP contribution in [0.25, 0.3) is 0 Å². The highest BCUT2D eigenvalue weighted by molar-refractivity contribution is 5.95. The first-order chi connectivity index (χ1) is 10.0. The molecule has 2 heterocycles. The summed E-state index contributed by atoms with van der Waals surface area (Å²) < 4.78 is 14.6. The van der Waals surface area contributed by atoms with E-state index >= 15 is 0 Å². The number of fused-ring (bicyclic) bond motifs is 1. The smallest absolute Gasteiger partial charge is 0.251 e. The third-order valence-electron chi connectivity index (χ3n) is 3.56. The number of anilines is 2. The van der Waals surface area contributed by atoms with Crippen LogP contribution < -0.4 is 16.2 Å². The first-order valence-corrected chi connectivity index (χ1v) is 6.59. The molecule has 0 fully saturated rings. The van der Waals surface area contributed by atoms with Gasteiger partial charge >= 0.3 is 0 Å². The van der Waals surface area contributed by atoms with Gasteiger partial charge < -0.3 is 15.2 Å². The minimum Gasteiger partial charge on any atom is -0.398 e. The minimum atomic E-state index is -0.380. The molecule has 2 N–H and O–H groups in total. The van der Waals surface area contributed by atoms with Gasteiger partial charge in [-0.3, -0.25) is 9.59 Å². The van der Waals surface area contributed by atoms with Gasteiger partial charge in [-0.1, -0.05) is 6.07 Å². The summed E-state index contributed by atoms with van der Waals surface area (Å²) in [5.41, 5.74) is 7.25. The Morgan fingerprint density at radius 2 is 2.10 bits per heavy atom. The average Bonchev–Trinajstić information content (AvgIpc) is 2.85. The molecule has 1 amide bonds. The van der Waals surface area contributed by atoms with Gasteiger partial charge in [0.2, 0.25) is 5.91 Å². The quantitative estimate of drug-likeness (QED) is 0.901. The minimum absolute atomic E-state index is 0.111. The molecule has 108 valence electrons. The van der Waals surface area contributed by atoms with Crippen LogP contribution in [0.4, 0.5) is 15.8 Å². The van der Waals surface area contributed by atoms with Crippen molar-refractivity contribution in [2.45, 2.75) is 13.0 Å². The van der Waals surface area contributed by atoms with Crippen molar-refractivity contribution in [3.63, 3.8) is 0 Å². The summed E-state index contributed by atoms with van der Waals surface area (Å²) >= 11 is 0. The van der Waals surface area contributed by atoms with E-state index in [9.17, 15) is 14.0 Å². The fraction of sp³-hybridized carbons (Fsp3) is 0.200. The van der Waals surface area contributed by atoms with Gasteiger partial charge in [-0.05, 0) is 30.2 Å². The number of pyridine rings is 1. The monoisotopic (exact) mass is 287 g/mol. The number of benzene rings is 1. The fourth-order valence-corrected chi connectivity index (χ4v) is 2.52. The van der Waals surface area contributed by atoms with Crippen LogP contribution >= 0.6 is 0 Å². The summed E-state index contributed by atoms with van der Waals surface area (Å²) in [6.07, 6.45) is 2.12. The summed E-state index contributed by atoms with van der Waals surface area (Å²) in [7, 11) is 0. The fourth-order valence-electron chi connectivity index (χ4n) is 2.52. The zero-order chi connectivity index (χ0) is 15.0. The first-order valence-electron chi connectivity index (χ1n) is 6.59. The lowest BCUT2D eigenvalue weighted by atomic mass is 10.2. The lowest BCUT2D eigenvalue weighted by Gasteiger charge is -2.18. The van der Waals surface area contributed by atoms with Gasteiger partial charge in [-0.2, -0.15) is 0 Å². The molecule has 1 aromatic carbocycles. The first kappa shape index (κ1) is 13.4. The predicted octanol–water partition coefficient (Wildman–Crippen LogP) is 1.16. The standard InChI is InChI=1S/C15H14FN3O2/c16-11-2-1-10-5-6-19(13(10)7-11)15(21)9-18-8-12(17)3-4-14(18)20/h1-4,7-8H,5-6,9,17H2. The Balaban J connectivity index is 1.86. The second kappa shape index (κ2) is 5.05. The molecule has 0 atom stereocenters. The Bertz CT molecular complexity index is 770. The molecule has 0 aliphatic carbocycles. The number of nitrogen functional groups attached to an aromatic ring is 1. The van der Waals surface area contributed by atoms with Gasteiger partial charge in [0.1, 0.15) is 12.4 Å². The highest BCUT2D eigenvalue weighted by Gasteiger charge is 2.25. The van der Waals surface area contributed by atoms with E-state index in [2.05, 4.69) is 0 Å². The number of aromatic nitrogens is 1. The summed E-state index contributed by atoms with van der Waals surface area (Å²) in [5.74, 6) is -0.637. The van der Waals surface area contributed by atoms with Crippen LogP contribution in [0.1, 0.15) is 5.56 Å². The van der Waals surface area contributed by atoms with E-state index < -0.39 is 0 Å². The highest BCUT2D eigenvalue weighted by atomic mass is 19.1. The van der Waals surface area contributed by atoms with Crippen molar-refractivity contribution in [2.75, 3.05) is 17.2 Å². The van der Waals surface area contributed by atoms with Crippen molar-refractivity contribution in [1.29, 1.82) is 0 Å². The molecule has 0 saturated heterocycles. The van der Waals surface area contributed by atoms with Crippen molar-refractivity contribution in [1.82, 2.24) is 4.57 Å². The summed E-state index contributed by atoms with van der Waals surface area (Å²) in [6.45, 7) is 0.383. The third-order valence-corrected chi connectivity index (χ3v) is 3.56. The molecule has 3 rings (SSSR count). The average molecular weight is 287 g/mol. The molecular weight excluding hydrogens is 273 g/mol. The number of hydrogen-bond acceptors (Lipinski definition) is 3. The zero-order valence-electron chi connectivity index (χ0n) is 11.3. The Morgan fingerprint density at radius 1 is 1.29 bits per heavy atom. The maximum Gasteiger partial charge on any atom is 0.251 e. The maximum absolute atomic E-state index is 13.3. The SMILES string of the molecule is Nc1ccc(=O)n(CC(=O)N2CCc3ccc(F)cc32)c1. The van der Waals surface area contributed by atoms with Crippen LogP contribution in [0.3, 0.4) is 0 Å². The normalized spacial score (nSPS) is 13.3.